The summed E-state index contributed by atoms with van der Waals surface area (Å²) in [5, 5.41) is 0. The van der Waals surface area contributed by atoms with Crippen LogP contribution in [0.15, 0.2) is 18.3 Å². The van der Waals surface area contributed by atoms with E-state index in [9.17, 15) is 0 Å². The lowest BCUT2D eigenvalue weighted by Gasteiger charge is -2.38. The number of nitrogens with two attached hydrogens (primary N) is 1. The first-order chi connectivity index (χ1) is 7.57. The van der Waals surface area contributed by atoms with E-state index < -0.39 is 0 Å². The van der Waals surface area contributed by atoms with Crippen molar-refractivity contribution in [2.75, 3.05) is 25.4 Å². The molecule has 1 saturated heterocycles. The molecule has 0 spiro atoms. The van der Waals surface area contributed by atoms with Crippen molar-refractivity contribution in [1.82, 2.24) is 9.88 Å². The Morgan fingerprint density at radius 2 is 2.38 bits per heavy atom. The minimum absolute atomic E-state index is 0.0677. The van der Waals surface area contributed by atoms with Crippen molar-refractivity contribution >= 4 is 5.69 Å². The molecule has 1 aliphatic heterocycles. The minimum Gasteiger partial charge on any atom is -0.397 e. The van der Waals surface area contributed by atoms with Gasteiger partial charge in [0.1, 0.15) is 0 Å². The van der Waals surface area contributed by atoms with Gasteiger partial charge in [-0.15, -0.1) is 0 Å². The first-order valence-electron chi connectivity index (χ1n) is 5.62. The van der Waals surface area contributed by atoms with Crippen LogP contribution in [0.4, 0.5) is 5.69 Å². The molecule has 0 aliphatic carbocycles. The molecule has 1 fully saturated rings. The van der Waals surface area contributed by atoms with Crippen molar-refractivity contribution in [3.8, 4) is 0 Å². The zero-order valence-electron chi connectivity index (χ0n) is 9.94. The lowest BCUT2D eigenvalue weighted by molar-refractivity contribution is -0.0884. The standard InChI is InChI=1S/C12H19N3O/c1-12(2)9-15(6-7-16-12)8-11-10(13)4-3-5-14-11/h3-5H,6-9,13H2,1-2H3. The van der Waals surface area contributed by atoms with Crippen molar-refractivity contribution < 1.29 is 4.74 Å². The Morgan fingerprint density at radius 1 is 1.56 bits per heavy atom. The lowest BCUT2D eigenvalue weighted by Crippen LogP contribution is -2.47. The summed E-state index contributed by atoms with van der Waals surface area (Å²) >= 11 is 0. The summed E-state index contributed by atoms with van der Waals surface area (Å²) in [6.45, 7) is 7.67. The summed E-state index contributed by atoms with van der Waals surface area (Å²) in [7, 11) is 0. The summed E-state index contributed by atoms with van der Waals surface area (Å²) in [6.07, 6.45) is 1.79. The Morgan fingerprint density at radius 3 is 3.06 bits per heavy atom. The van der Waals surface area contributed by atoms with Gasteiger partial charge in [-0.2, -0.15) is 0 Å². The largest absolute Gasteiger partial charge is 0.397 e. The number of rotatable bonds is 2. The molecular formula is C12H19N3O. The van der Waals surface area contributed by atoms with E-state index in [0.29, 0.717) is 0 Å². The fraction of sp³-hybridized carbons (Fsp3) is 0.583. The number of aromatic nitrogens is 1. The van der Waals surface area contributed by atoms with Gasteiger partial charge in [-0.1, -0.05) is 0 Å². The SMILES string of the molecule is CC1(C)CN(Cc2ncccc2N)CCO1. The molecule has 1 aliphatic rings. The molecule has 4 nitrogen and oxygen atoms in total. The van der Waals surface area contributed by atoms with Gasteiger partial charge in [-0.3, -0.25) is 9.88 Å². The van der Waals surface area contributed by atoms with E-state index in [4.69, 9.17) is 10.5 Å². The van der Waals surface area contributed by atoms with Crippen LogP contribution in [0, 0.1) is 0 Å². The Labute approximate surface area is 96.4 Å². The van der Waals surface area contributed by atoms with Crippen LogP contribution < -0.4 is 5.73 Å². The summed E-state index contributed by atoms with van der Waals surface area (Å²) in [5.41, 5.74) is 7.55. The third-order valence-corrected chi connectivity index (χ3v) is 2.80. The average molecular weight is 221 g/mol. The van der Waals surface area contributed by atoms with Crippen LogP contribution in [0.2, 0.25) is 0 Å². The molecule has 1 aromatic heterocycles. The zero-order chi connectivity index (χ0) is 11.6. The number of anilines is 1. The molecular weight excluding hydrogens is 202 g/mol. The topological polar surface area (TPSA) is 51.4 Å². The predicted molar refractivity (Wildman–Crippen MR) is 64.0 cm³/mol. The number of hydrogen-bond donors (Lipinski definition) is 1. The Balaban J connectivity index is 2.02. The monoisotopic (exact) mass is 221 g/mol. The quantitative estimate of drug-likeness (QED) is 0.817. The molecule has 16 heavy (non-hydrogen) atoms. The number of hydrogen-bond acceptors (Lipinski definition) is 4. The molecule has 2 rings (SSSR count). The molecule has 0 unspecified atom stereocenters. The molecule has 0 saturated carbocycles. The second-order valence-electron chi connectivity index (χ2n) is 4.86. The number of ether oxygens (including phenoxy) is 1. The molecule has 0 amide bonds. The van der Waals surface area contributed by atoms with Gasteiger partial charge in [0.25, 0.3) is 0 Å². The van der Waals surface area contributed by atoms with Gasteiger partial charge < -0.3 is 10.5 Å². The van der Waals surface area contributed by atoms with E-state index in [1.165, 1.54) is 0 Å². The van der Waals surface area contributed by atoms with Gasteiger partial charge in [0.2, 0.25) is 0 Å². The normalized spacial score (nSPS) is 20.9. The fourth-order valence-corrected chi connectivity index (χ4v) is 2.04. The van der Waals surface area contributed by atoms with E-state index in [1.807, 2.05) is 12.1 Å². The molecule has 4 heteroatoms. The van der Waals surface area contributed by atoms with Crippen LogP contribution in [0.3, 0.4) is 0 Å². The molecule has 0 atom stereocenters. The van der Waals surface area contributed by atoms with E-state index in [0.717, 1.165) is 37.6 Å². The van der Waals surface area contributed by atoms with Gasteiger partial charge in [0.15, 0.2) is 0 Å². The van der Waals surface area contributed by atoms with Gasteiger partial charge >= 0.3 is 0 Å². The third kappa shape index (κ3) is 2.71. The molecule has 2 N–H and O–H groups in total. The van der Waals surface area contributed by atoms with Gasteiger partial charge in [0, 0.05) is 25.8 Å². The summed E-state index contributed by atoms with van der Waals surface area (Å²) < 4.78 is 5.67. The number of nitrogen functional groups attached to an aromatic ring is 1. The lowest BCUT2D eigenvalue weighted by atomic mass is 10.1. The maximum atomic E-state index is 5.88. The third-order valence-electron chi connectivity index (χ3n) is 2.80. The van der Waals surface area contributed by atoms with Crippen LogP contribution in [0.25, 0.3) is 0 Å². The number of pyridine rings is 1. The molecule has 0 bridgehead atoms. The van der Waals surface area contributed by atoms with Crippen LogP contribution in [-0.4, -0.2) is 35.2 Å². The van der Waals surface area contributed by atoms with Gasteiger partial charge in [-0.25, -0.2) is 0 Å². The Bertz CT molecular complexity index is 365. The van der Waals surface area contributed by atoms with E-state index in [-0.39, 0.29) is 5.60 Å². The van der Waals surface area contributed by atoms with E-state index in [1.54, 1.807) is 6.20 Å². The van der Waals surface area contributed by atoms with E-state index in [2.05, 4.69) is 23.7 Å². The molecule has 0 radical (unpaired) electrons. The Hall–Kier alpha value is -1.13. The van der Waals surface area contributed by atoms with Gasteiger partial charge in [-0.05, 0) is 26.0 Å². The van der Waals surface area contributed by atoms with Crippen LogP contribution in [-0.2, 0) is 11.3 Å². The summed E-state index contributed by atoms with van der Waals surface area (Å²) in [5.74, 6) is 0. The van der Waals surface area contributed by atoms with Crippen molar-refractivity contribution in [1.29, 1.82) is 0 Å². The first-order valence-corrected chi connectivity index (χ1v) is 5.62. The second-order valence-corrected chi connectivity index (χ2v) is 4.86. The van der Waals surface area contributed by atoms with Crippen molar-refractivity contribution in [2.24, 2.45) is 0 Å². The van der Waals surface area contributed by atoms with Crippen LogP contribution in [0.5, 0.6) is 0 Å². The average Bonchev–Trinajstić information content (AvgIpc) is 2.20. The molecule has 2 heterocycles. The highest BCUT2D eigenvalue weighted by Gasteiger charge is 2.27. The van der Waals surface area contributed by atoms with Crippen molar-refractivity contribution in [2.45, 2.75) is 26.0 Å². The van der Waals surface area contributed by atoms with Crippen molar-refractivity contribution in [3.63, 3.8) is 0 Å². The number of morpholine rings is 1. The fourth-order valence-electron chi connectivity index (χ4n) is 2.04. The minimum atomic E-state index is -0.0677. The maximum absolute atomic E-state index is 5.88. The first kappa shape index (κ1) is 11.4. The summed E-state index contributed by atoms with van der Waals surface area (Å²) in [6, 6.07) is 3.76. The highest BCUT2D eigenvalue weighted by atomic mass is 16.5. The molecule has 1 aromatic rings. The predicted octanol–water partition coefficient (Wildman–Crippen LogP) is 1.27. The molecule has 0 aromatic carbocycles. The van der Waals surface area contributed by atoms with Crippen LogP contribution in [0.1, 0.15) is 19.5 Å². The van der Waals surface area contributed by atoms with Gasteiger partial charge in [0.05, 0.1) is 23.6 Å². The Kier molecular flexibility index (Phi) is 3.12. The van der Waals surface area contributed by atoms with Crippen LogP contribution >= 0.6 is 0 Å². The highest BCUT2D eigenvalue weighted by molar-refractivity contribution is 5.41. The maximum Gasteiger partial charge on any atom is 0.0772 e. The number of nitrogens with zero attached hydrogens (tertiary/aromatic N) is 2. The van der Waals surface area contributed by atoms with Crippen molar-refractivity contribution in [3.05, 3.63) is 24.0 Å². The highest BCUT2D eigenvalue weighted by Crippen LogP contribution is 2.19. The smallest absolute Gasteiger partial charge is 0.0772 e. The van der Waals surface area contributed by atoms with E-state index >= 15 is 0 Å². The summed E-state index contributed by atoms with van der Waals surface area (Å²) in [4.78, 5) is 6.65. The molecule has 88 valence electrons. The second kappa shape index (κ2) is 4.39. The zero-order valence-corrected chi connectivity index (χ0v) is 9.94.